The maximum atomic E-state index is 12.2. The molecular formula is C16H24O2. The van der Waals surface area contributed by atoms with Crippen LogP contribution in [0.1, 0.15) is 52.9 Å². The van der Waals surface area contributed by atoms with Gasteiger partial charge in [-0.3, -0.25) is 4.79 Å². The van der Waals surface area contributed by atoms with Gasteiger partial charge in [0, 0.05) is 5.41 Å². The maximum absolute atomic E-state index is 12.2. The zero-order valence-corrected chi connectivity index (χ0v) is 11.7. The second-order valence-electron chi connectivity index (χ2n) is 7.18. The molecule has 3 atom stereocenters. The van der Waals surface area contributed by atoms with Crippen LogP contribution in [0, 0.1) is 22.7 Å². The maximum Gasteiger partial charge on any atom is 0.309 e. The lowest BCUT2D eigenvalue weighted by Crippen LogP contribution is -2.39. The summed E-state index contributed by atoms with van der Waals surface area (Å²) in [5.74, 6) is 0.868. The summed E-state index contributed by atoms with van der Waals surface area (Å²) >= 11 is 0. The van der Waals surface area contributed by atoms with Crippen molar-refractivity contribution in [2.24, 2.45) is 22.7 Å². The third-order valence-electron chi connectivity index (χ3n) is 6.31. The van der Waals surface area contributed by atoms with Crippen LogP contribution >= 0.6 is 0 Å². The van der Waals surface area contributed by atoms with Crippen LogP contribution in [0.5, 0.6) is 0 Å². The van der Waals surface area contributed by atoms with Gasteiger partial charge in [0.1, 0.15) is 6.10 Å². The molecule has 3 aliphatic carbocycles. The zero-order chi connectivity index (χ0) is 13.0. The third-order valence-corrected chi connectivity index (χ3v) is 6.31. The summed E-state index contributed by atoms with van der Waals surface area (Å²) in [5, 5.41) is 0. The van der Waals surface area contributed by atoms with Gasteiger partial charge >= 0.3 is 5.97 Å². The largest absolute Gasteiger partial charge is 0.462 e. The summed E-state index contributed by atoms with van der Waals surface area (Å²) in [6.07, 6.45) is 9.68. The zero-order valence-electron chi connectivity index (χ0n) is 11.7. The van der Waals surface area contributed by atoms with Crippen molar-refractivity contribution in [2.75, 3.05) is 0 Å². The molecule has 2 saturated carbocycles. The highest BCUT2D eigenvalue weighted by Gasteiger charge is 2.62. The Kier molecular flexibility index (Phi) is 2.62. The molecule has 0 spiro atoms. The first-order valence-corrected chi connectivity index (χ1v) is 7.30. The number of esters is 1. The summed E-state index contributed by atoms with van der Waals surface area (Å²) in [7, 11) is 0. The molecule has 2 fully saturated rings. The summed E-state index contributed by atoms with van der Waals surface area (Å²) in [6.45, 7) is 7.04. The van der Waals surface area contributed by atoms with E-state index >= 15 is 0 Å². The number of fused-ring (bicyclic) bond motifs is 2. The molecule has 0 aliphatic heterocycles. The monoisotopic (exact) mass is 248 g/mol. The van der Waals surface area contributed by atoms with Crippen molar-refractivity contribution in [1.82, 2.24) is 0 Å². The first-order valence-electron chi connectivity index (χ1n) is 7.30. The Labute approximate surface area is 110 Å². The minimum atomic E-state index is 0.0366. The summed E-state index contributed by atoms with van der Waals surface area (Å²) in [4.78, 5) is 12.2. The summed E-state index contributed by atoms with van der Waals surface area (Å²) in [6, 6.07) is 0. The minimum absolute atomic E-state index is 0.0366. The Bertz CT molecular complexity index is 388. The molecule has 0 radical (unpaired) electrons. The molecule has 0 saturated heterocycles. The van der Waals surface area contributed by atoms with E-state index in [4.69, 9.17) is 4.74 Å². The van der Waals surface area contributed by atoms with Gasteiger partial charge in [-0.2, -0.15) is 0 Å². The molecule has 2 heteroatoms. The fourth-order valence-electron chi connectivity index (χ4n) is 4.35. The molecule has 18 heavy (non-hydrogen) atoms. The predicted octanol–water partition coefficient (Wildman–Crippen LogP) is 3.71. The smallest absolute Gasteiger partial charge is 0.309 e. The van der Waals surface area contributed by atoms with E-state index in [-0.39, 0.29) is 23.4 Å². The molecule has 2 bridgehead atoms. The first kappa shape index (κ1) is 12.3. The van der Waals surface area contributed by atoms with Gasteiger partial charge in [0.25, 0.3) is 0 Å². The molecule has 3 aliphatic rings. The van der Waals surface area contributed by atoms with Gasteiger partial charge in [0.15, 0.2) is 0 Å². The summed E-state index contributed by atoms with van der Waals surface area (Å²) < 4.78 is 5.89. The van der Waals surface area contributed by atoms with Gasteiger partial charge < -0.3 is 4.74 Å². The molecule has 100 valence electrons. The number of carbonyl (C=O) groups is 1. The number of allylic oxidation sites excluding steroid dienone is 2. The molecule has 0 aromatic carbocycles. The van der Waals surface area contributed by atoms with Gasteiger partial charge in [0.2, 0.25) is 0 Å². The number of carbonyl (C=O) groups excluding carboxylic acids is 1. The quantitative estimate of drug-likeness (QED) is 0.550. The minimum Gasteiger partial charge on any atom is -0.462 e. The Balaban J connectivity index is 1.70. The fourth-order valence-corrected chi connectivity index (χ4v) is 4.35. The van der Waals surface area contributed by atoms with Crippen LogP contribution in [-0.2, 0) is 9.53 Å². The molecule has 0 aromatic heterocycles. The average molecular weight is 248 g/mol. The van der Waals surface area contributed by atoms with Gasteiger partial charge in [-0.05, 0) is 43.4 Å². The number of rotatable bonds is 2. The Hall–Kier alpha value is -0.790. The SMILES string of the molecule is CC1(C)C2CCC1(C)C(OC(=O)C1CC=CC1)C2. The predicted molar refractivity (Wildman–Crippen MR) is 71.0 cm³/mol. The van der Waals surface area contributed by atoms with Gasteiger partial charge in [0.05, 0.1) is 5.92 Å². The van der Waals surface area contributed by atoms with E-state index in [1.165, 1.54) is 12.8 Å². The molecule has 0 aromatic rings. The van der Waals surface area contributed by atoms with Crippen LogP contribution in [-0.4, -0.2) is 12.1 Å². The number of hydrogen-bond acceptors (Lipinski definition) is 2. The molecular weight excluding hydrogens is 224 g/mol. The average Bonchev–Trinajstić information content (AvgIpc) is 2.95. The highest BCUT2D eigenvalue weighted by Crippen LogP contribution is 2.66. The first-order chi connectivity index (χ1) is 8.45. The van der Waals surface area contributed by atoms with Crippen molar-refractivity contribution < 1.29 is 9.53 Å². The Morgan fingerprint density at radius 2 is 1.89 bits per heavy atom. The lowest BCUT2D eigenvalue weighted by Gasteiger charge is -2.38. The van der Waals surface area contributed by atoms with Crippen LogP contribution in [0.15, 0.2) is 12.2 Å². The highest BCUT2D eigenvalue weighted by atomic mass is 16.5. The van der Waals surface area contributed by atoms with Crippen LogP contribution in [0.2, 0.25) is 0 Å². The summed E-state index contributed by atoms with van der Waals surface area (Å²) in [5.41, 5.74) is 0.519. The van der Waals surface area contributed by atoms with E-state index in [2.05, 4.69) is 32.9 Å². The molecule has 3 rings (SSSR count). The van der Waals surface area contributed by atoms with E-state index < -0.39 is 0 Å². The van der Waals surface area contributed by atoms with Gasteiger partial charge in [-0.15, -0.1) is 0 Å². The Morgan fingerprint density at radius 3 is 2.39 bits per heavy atom. The van der Waals surface area contributed by atoms with E-state index in [1.807, 2.05) is 0 Å². The van der Waals surface area contributed by atoms with Crippen LogP contribution < -0.4 is 0 Å². The van der Waals surface area contributed by atoms with E-state index in [9.17, 15) is 4.79 Å². The number of ether oxygens (including phenoxy) is 1. The van der Waals surface area contributed by atoms with Crippen LogP contribution in [0.25, 0.3) is 0 Å². The third kappa shape index (κ3) is 1.50. The molecule has 2 nitrogen and oxygen atoms in total. The van der Waals surface area contributed by atoms with Crippen molar-refractivity contribution in [1.29, 1.82) is 0 Å². The van der Waals surface area contributed by atoms with Crippen molar-refractivity contribution in [3.63, 3.8) is 0 Å². The van der Waals surface area contributed by atoms with E-state index in [0.29, 0.717) is 5.41 Å². The van der Waals surface area contributed by atoms with E-state index in [0.717, 1.165) is 25.2 Å². The molecule has 3 unspecified atom stereocenters. The topological polar surface area (TPSA) is 26.3 Å². The van der Waals surface area contributed by atoms with E-state index in [1.54, 1.807) is 0 Å². The molecule has 0 heterocycles. The fraction of sp³-hybridized carbons (Fsp3) is 0.812. The van der Waals surface area contributed by atoms with Gasteiger partial charge in [-0.1, -0.05) is 32.9 Å². The van der Waals surface area contributed by atoms with Crippen molar-refractivity contribution >= 4 is 5.97 Å². The Morgan fingerprint density at radius 1 is 1.22 bits per heavy atom. The van der Waals surface area contributed by atoms with Crippen molar-refractivity contribution in [2.45, 2.75) is 59.0 Å². The molecule has 0 amide bonds. The van der Waals surface area contributed by atoms with Crippen LogP contribution in [0.4, 0.5) is 0 Å². The standard InChI is InChI=1S/C16H24O2/c1-15(2)12-8-9-16(15,3)13(10-12)18-14(17)11-6-4-5-7-11/h4-5,11-13H,6-10H2,1-3H3. The number of hydrogen-bond donors (Lipinski definition) is 0. The lowest BCUT2D eigenvalue weighted by atomic mass is 9.70. The normalized spacial score (nSPS) is 41.5. The second-order valence-corrected chi connectivity index (χ2v) is 7.18. The van der Waals surface area contributed by atoms with Gasteiger partial charge in [-0.25, -0.2) is 0 Å². The van der Waals surface area contributed by atoms with Crippen LogP contribution in [0.3, 0.4) is 0 Å². The van der Waals surface area contributed by atoms with Crippen molar-refractivity contribution in [3.05, 3.63) is 12.2 Å². The second kappa shape index (κ2) is 3.85. The highest BCUT2D eigenvalue weighted by molar-refractivity contribution is 5.73. The van der Waals surface area contributed by atoms with Crippen molar-refractivity contribution in [3.8, 4) is 0 Å². The lowest BCUT2D eigenvalue weighted by molar-refractivity contribution is -0.161. The molecule has 0 N–H and O–H groups in total.